The molecule has 68 valence electrons. The van der Waals surface area contributed by atoms with Crippen molar-refractivity contribution in [1.82, 2.24) is 4.98 Å². The minimum absolute atomic E-state index is 0.444. The molecule has 0 saturated carbocycles. The smallest absolute Gasteiger partial charge is 0.266 e. The lowest BCUT2D eigenvalue weighted by Gasteiger charge is -1.88. The molecule has 0 atom stereocenters. The second kappa shape index (κ2) is 2.97. The van der Waals surface area contributed by atoms with Crippen LogP contribution >= 0.6 is 0 Å². The van der Waals surface area contributed by atoms with Crippen LogP contribution in [0.2, 0.25) is 0 Å². The Labute approximate surface area is 75.1 Å². The summed E-state index contributed by atoms with van der Waals surface area (Å²) in [5.41, 5.74) is 0. The molecule has 2 aromatic rings. The fraction of sp³-hybridized carbons (Fsp3) is 0.222. The van der Waals surface area contributed by atoms with Crippen molar-refractivity contribution in [2.24, 2.45) is 0 Å². The van der Waals surface area contributed by atoms with Crippen LogP contribution in [0.5, 0.6) is 5.88 Å². The van der Waals surface area contributed by atoms with E-state index in [1.807, 2.05) is 0 Å². The number of hydrogen-bond acceptors (Lipinski definition) is 4. The third-order valence-electron chi connectivity index (χ3n) is 1.68. The first-order valence-corrected chi connectivity index (χ1v) is 3.86. The Balaban J connectivity index is 2.43. The van der Waals surface area contributed by atoms with Crippen LogP contribution in [0.15, 0.2) is 27.2 Å². The first-order valence-electron chi connectivity index (χ1n) is 3.86. The summed E-state index contributed by atoms with van der Waals surface area (Å²) < 4.78 is 15.4. The molecule has 0 aliphatic rings. The van der Waals surface area contributed by atoms with E-state index in [0.29, 0.717) is 23.3 Å². The van der Waals surface area contributed by atoms with Crippen LogP contribution in [0.25, 0.3) is 11.7 Å². The van der Waals surface area contributed by atoms with Gasteiger partial charge in [-0.1, -0.05) is 0 Å². The number of aryl methyl sites for hydroxylation is 1. The van der Waals surface area contributed by atoms with Crippen molar-refractivity contribution in [2.45, 2.75) is 6.92 Å². The van der Waals surface area contributed by atoms with E-state index in [0.717, 1.165) is 0 Å². The minimum Gasteiger partial charge on any atom is -0.479 e. The molecule has 13 heavy (non-hydrogen) atoms. The highest BCUT2D eigenvalue weighted by Gasteiger charge is 2.12. The van der Waals surface area contributed by atoms with Gasteiger partial charge in [-0.05, 0) is 19.1 Å². The Morgan fingerprint density at radius 1 is 1.46 bits per heavy atom. The molecular weight excluding hydrogens is 170 g/mol. The Bertz CT molecular complexity index is 389. The summed E-state index contributed by atoms with van der Waals surface area (Å²) in [4.78, 5) is 4.09. The highest BCUT2D eigenvalue weighted by Crippen LogP contribution is 2.25. The molecule has 2 aromatic heterocycles. The Morgan fingerprint density at radius 2 is 2.31 bits per heavy atom. The Kier molecular flexibility index (Phi) is 1.81. The van der Waals surface area contributed by atoms with Gasteiger partial charge in [0.25, 0.3) is 11.8 Å². The summed E-state index contributed by atoms with van der Waals surface area (Å²) in [6.07, 6.45) is 1.57. The maximum atomic E-state index is 5.32. The molecule has 0 aromatic carbocycles. The molecule has 0 N–H and O–H groups in total. The fourth-order valence-electron chi connectivity index (χ4n) is 1.08. The molecule has 0 aliphatic heterocycles. The summed E-state index contributed by atoms with van der Waals surface area (Å²) in [7, 11) is 1.55. The van der Waals surface area contributed by atoms with Crippen molar-refractivity contribution < 1.29 is 13.6 Å². The Hall–Kier alpha value is -1.71. The lowest BCUT2D eigenvalue weighted by molar-refractivity contribution is 0.388. The molecule has 4 nitrogen and oxygen atoms in total. The summed E-state index contributed by atoms with van der Waals surface area (Å²) in [5.74, 6) is 2.19. The number of furan rings is 1. The third kappa shape index (κ3) is 1.30. The van der Waals surface area contributed by atoms with Crippen LogP contribution in [0.4, 0.5) is 0 Å². The van der Waals surface area contributed by atoms with Gasteiger partial charge in [-0.2, -0.15) is 4.98 Å². The highest BCUT2D eigenvalue weighted by molar-refractivity contribution is 5.45. The van der Waals surface area contributed by atoms with E-state index < -0.39 is 0 Å². The van der Waals surface area contributed by atoms with Crippen molar-refractivity contribution in [1.29, 1.82) is 0 Å². The molecule has 0 radical (unpaired) electrons. The molecule has 2 rings (SSSR count). The molecule has 0 saturated heterocycles. The van der Waals surface area contributed by atoms with Gasteiger partial charge in [0.2, 0.25) is 0 Å². The van der Waals surface area contributed by atoms with Gasteiger partial charge >= 0.3 is 0 Å². The largest absolute Gasteiger partial charge is 0.479 e. The molecule has 2 heterocycles. The van der Waals surface area contributed by atoms with Crippen LogP contribution in [-0.2, 0) is 0 Å². The number of methoxy groups -OCH3 is 1. The highest BCUT2D eigenvalue weighted by atomic mass is 16.5. The number of aromatic nitrogens is 1. The maximum absolute atomic E-state index is 5.32. The molecule has 0 aliphatic carbocycles. The lowest BCUT2D eigenvalue weighted by atomic mass is 10.4. The van der Waals surface area contributed by atoms with Gasteiger partial charge < -0.3 is 13.6 Å². The standard InChI is InChI=1S/C9H9NO3/c1-6-8(11-2)10-9(13-6)7-4-3-5-12-7/h3-5H,1-2H3. The predicted octanol–water partition coefficient (Wildman–Crippen LogP) is 2.25. The van der Waals surface area contributed by atoms with Gasteiger partial charge in [0.05, 0.1) is 13.4 Å². The topological polar surface area (TPSA) is 48.4 Å². The zero-order valence-electron chi connectivity index (χ0n) is 7.40. The molecule has 0 bridgehead atoms. The van der Waals surface area contributed by atoms with Crippen molar-refractivity contribution in [3.63, 3.8) is 0 Å². The normalized spacial score (nSPS) is 10.3. The summed E-state index contributed by atoms with van der Waals surface area (Å²) in [6, 6.07) is 3.56. The van der Waals surface area contributed by atoms with Crippen LogP contribution in [0.3, 0.4) is 0 Å². The average molecular weight is 179 g/mol. The quantitative estimate of drug-likeness (QED) is 0.709. The molecule has 0 spiro atoms. The minimum atomic E-state index is 0.444. The summed E-state index contributed by atoms with van der Waals surface area (Å²) in [5, 5.41) is 0. The molecule has 0 unspecified atom stereocenters. The first-order chi connectivity index (χ1) is 6.31. The van der Waals surface area contributed by atoms with Crippen LogP contribution in [0, 0.1) is 6.92 Å². The van der Waals surface area contributed by atoms with Crippen LogP contribution in [-0.4, -0.2) is 12.1 Å². The zero-order chi connectivity index (χ0) is 9.26. The molecule has 0 fully saturated rings. The molecule has 4 heteroatoms. The maximum Gasteiger partial charge on any atom is 0.266 e. The SMILES string of the molecule is COc1nc(-c2ccco2)oc1C. The zero-order valence-corrected chi connectivity index (χ0v) is 7.40. The van der Waals surface area contributed by atoms with Crippen molar-refractivity contribution in [3.8, 4) is 17.5 Å². The van der Waals surface area contributed by atoms with Gasteiger partial charge in [-0.15, -0.1) is 0 Å². The first kappa shape index (κ1) is 7.91. The average Bonchev–Trinajstić information content (AvgIpc) is 2.71. The van der Waals surface area contributed by atoms with Crippen molar-refractivity contribution in [2.75, 3.05) is 7.11 Å². The fourth-order valence-corrected chi connectivity index (χ4v) is 1.08. The van der Waals surface area contributed by atoms with Gasteiger partial charge in [0.15, 0.2) is 11.5 Å². The number of hydrogen-bond donors (Lipinski definition) is 0. The Morgan fingerprint density at radius 3 is 2.85 bits per heavy atom. The lowest BCUT2D eigenvalue weighted by Crippen LogP contribution is -1.83. The van der Waals surface area contributed by atoms with Crippen LogP contribution < -0.4 is 4.74 Å². The summed E-state index contributed by atoms with van der Waals surface area (Å²) in [6.45, 7) is 1.79. The van der Waals surface area contributed by atoms with E-state index in [9.17, 15) is 0 Å². The van der Waals surface area contributed by atoms with Crippen molar-refractivity contribution in [3.05, 3.63) is 24.2 Å². The molecular formula is C9H9NO3. The van der Waals surface area contributed by atoms with E-state index >= 15 is 0 Å². The summed E-state index contributed by atoms with van der Waals surface area (Å²) >= 11 is 0. The van der Waals surface area contributed by atoms with E-state index in [-0.39, 0.29) is 0 Å². The van der Waals surface area contributed by atoms with Gasteiger partial charge in [0, 0.05) is 0 Å². The van der Waals surface area contributed by atoms with E-state index in [2.05, 4.69) is 4.98 Å². The third-order valence-corrected chi connectivity index (χ3v) is 1.68. The van der Waals surface area contributed by atoms with Gasteiger partial charge in [0.1, 0.15) is 0 Å². The molecule has 0 amide bonds. The van der Waals surface area contributed by atoms with E-state index in [1.54, 1.807) is 32.4 Å². The number of nitrogens with zero attached hydrogens (tertiary/aromatic N) is 1. The van der Waals surface area contributed by atoms with Gasteiger partial charge in [-0.3, -0.25) is 0 Å². The second-order valence-electron chi connectivity index (χ2n) is 2.56. The monoisotopic (exact) mass is 179 g/mol. The number of rotatable bonds is 2. The van der Waals surface area contributed by atoms with Gasteiger partial charge in [-0.25, -0.2) is 0 Å². The second-order valence-corrected chi connectivity index (χ2v) is 2.56. The van der Waals surface area contributed by atoms with Crippen molar-refractivity contribution >= 4 is 0 Å². The number of oxazole rings is 1. The number of ether oxygens (including phenoxy) is 1. The van der Waals surface area contributed by atoms with E-state index in [1.165, 1.54) is 0 Å². The van der Waals surface area contributed by atoms with Crippen LogP contribution in [0.1, 0.15) is 5.76 Å². The van der Waals surface area contributed by atoms with E-state index in [4.69, 9.17) is 13.6 Å². The predicted molar refractivity (Wildman–Crippen MR) is 45.5 cm³/mol.